The van der Waals surface area contributed by atoms with E-state index in [1.54, 1.807) is 26.0 Å². The molecule has 2 aromatic rings. The van der Waals surface area contributed by atoms with Crippen molar-refractivity contribution in [3.05, 3.63) is 24.2 Å². The number of carbonyl (C=O) groups is 2. The average molecular weight is 460 g/mol. The van der Waals surface area contributed by atoms with E-state index in [1.165, 1.54) is 10.8 Å². The molecule has 1 aliphatic rings. The molecule has 0 radical (unpaired) electrons. The van der Waals surface area contributed by atoms with E-state index in [1.807, 2.05) is 0 Å². The number of nitrogens with one attached hydrogen (secondary N) is 1. The minimum absolute atomic E-state index is 0.0769. The highest BCUT2D eigenvalue weighted by Gasteiger charge is 2.52. The minimum Gasteiger partial charge on any atom is -0.463 e. The first-order valence-corrected chi connectivity index (χ1v) is 11.0. The predicted molar refractivity (Wildman–Crippen MR) is 116 cm³/mol. The maximum absolute atomic E-state index is 12.1. The smallest absolute Gasteiger partial charge is 0.412 e. The van der Waals surface area contributed by atoms with Gasteiger partial charge in [0.25, 0.3) is 0 Å². The molecule has 1 fully saturated rings. The molecule has 0 unspecified atom stereocenters. The van der Waals surface area contributed by atoms with Gasteiger partial charge in [0.1, 0.15) is 30.6 Å². The van der Waals surface area contributed by atoms with Crippen molar-refractivity contribution in [2.75, 3.05) is 18.5 Å². The summed E-state index contributed by atoms with van der Waals surface area (Å²) in [6, 6.07) is 5.25. The number of anilines is 1. The summed E-state index contributed by atoms with van der Waals surface area (Å²) in [5.74, 6) is -0.493. The van der Waals surface area contributed by atoms with Crippen molar-refractivity contribution in [3.63, 3.8) is 0 Å². The number of aliphatic hydroxyl groups excluding tert-OH is 1. The maximum Gasteiger partial charge on any atom is 0.412 e. The molecule has 1 saturated heterocycles. The molecule has 1 amide bonds. The summed E-state index contributed by atoms with van der Waals surface area (Å²) in [6.45, 7) is 5.71. The van der Waals surface area contributed by atoms with Gasteiger partial charge in [0.15, 0.2) is 5.82 Å². The molecular formula is C22H29N5O6. The minimum atomic E-state index is -1.73. The van der Waals surface area contributed by atoms with Crippen LogP contribution in [-0.4, -0.2) is 57.2 Å². The Morgan fingerprint density at radius 1 is 1.39 bits per heavy atom. The van der Waals surface area contributed by atoms with Crippen molar-refractivity contribution in [2.24, 2.45) is 5.92 Å². The van der Waals surface area contributed by atoms with E-state index in [9.17, 15) is 20.0 Å². The first-order valence-electron chi connectivity index (χ1n) is 11.0. The summed E-state index contributed by atoms with van der Waals surface area (Å²) in [6.07, 6.45) is 1.58. The Bertz CT molecular complexity index is 1030. The quantitative estimate of drug-likeness (QED) is 0.426. The standard InChI is InChI=1S/C22H29N5O6/c1-4-5-6-9-31-21(30)26-19-16-7-8-17(27(16)25-13-24-19)22(12-23)18(28)10-15(33-22)11-32-20(29)14(2)3/h7-8,13-15,18,28H,4-6,9-11H2,1-3H3,(H,24,25,26,30)/t15-,18+,22-/m0/s1. The lowest BCUT2D eigenvalue weighted by atomic mass is 9.94. The fourth-order valence-electron chi connectivity index (χ4n) is 3.60. The average Bonchev–Trinajstić information content (AvgIpc) is 3.37. The number of carbonyl (C=O) groups excluding carboxylic acids is 2. The second-order valence-corrected chi connectivity index (χ2v) is 8.22. The van der Waals surface area contributed by atoms with Gasteiger partial charge in [-0.25, -0.2) is 14.3 Å². The topological polar surface area (TPSA) is 148 Å². The Kier molecular flexibility index (Phi) is 7.84. The van der Waals surface area contributed by atoms with Crippen LogP contribution in [-0.2, 0) is 24.6 Å². The van der Waals surface area contributed by atoms with Gasteiger partial charge in [0, 0.05) is 6.42 Å². The van der Waals surface area contributed by atoms with E-state index in [0.29, 0.717) is 12.1 Å². The zero-order valence-corrected chi connectivity index (χ0v) is 19.0. The molecule has 0 aliphatic carbocycles. The van der Waals surface area contributed by atoms with Crippen molar-refractivity contribution in [1.29, 1.82) is 5.26 Å². The zero-order chi connectivity index (χ0) is 24.0. The van der Waals surface area contributed by atoms with Crippen LogP contribution >= 0.6 is 0 Å². The van der Waals surface area contributed by atoms with Crippen LogP contribution in [0.4, 0.5) is 10.6 Å². The number of fused-ring (bicyclic) bond motifs is 1. The van der Waals surface area contributed by atoms with Crippen LogP contribution in [0, 0.1) is 17.2 Å². The van der Waals surface area contributed by atoms with Gasteiger partial charge in [0.2, 0.25) is 5.60 Å². The molecule has 0 bridgehead atoms. The second kappa shape index (κ2) is 10.6. The Balaban J connectivity index is 1.79. The number of hydrogen-bond acceptors (Lipinski definition) is 9. The van der Waals surface area contributed by atoms with E-state index in [-0.39, 0.29) is 36.4 Å². The zero-order valence-electron chi connectivity index (χ0n) is 19.0. The number of rotatable bonds is 9. The van der Waals surface area contributed by atoms with E-state index in [4.69, 9.17) is 14.2 Å². The molecule has 33 heavy (non-hydrogen) atoms. The number of hydrogen-bond donors (Lipinski definition) is 2. The van der Waals surface area contributed by atoms with Crippen LogP contribution in [0.1, 0.15) is 52.1 Å². The highest BCUT2D eigenvalue weighted by molar-refractivity contribution is 5.88. The number of aliphatic hydroxyl groups is 1. The van der Waals surface area contributed by atoms with Gasteiger partial charge < -0.3 is 19.3 Å². The van der Waals surface area contributed by atoms with Gasteiger partial charge in [-0.15, -0.1) is 0 Å². The lowest BCUT2D eigenvalue weighted by Gasteiger charge is -2.24. The lowest BCUT2D eigenvalue weighted by molar-refractivity contribution is -0.152. The second-order valence-electron chi connectivity index (χ2n) is 8.22. The number of esters is 1. The highest BCUT2D eigenvalue weighted by Crippen LogP contribution is 2.40. The Morgan fingerprint density at radius 2 is 2.18 bits per heavy atom. The van der Waals surface area contributed by atoms with Crippen molar-refractivity contribution >= 4 is 23.4 Å². The Labute approximate surface area is 191 Å². The molecule has 2 N–H and O–H groups in total. The first-order chi connectivity index (χ1) is 15.8. The third-order valence-corrected chi connectivity index (χ3v) is 5.39. The Morgan fingerprint density at radius 3 is 2.88 bits per heavy atom. The number of ether oxygens (including phenoxy) is 3. The SMILES string of the molecule is CCCCCOC(=O)Nc1ncnn2c([C@]3(C#N)O[C@H](COC(=O)C(C)C)C[C@H]3O)ccc12. The molecule has 11 heteroatoms. The summed E-state index contributed by atoms with van der Waals surface area (Å²) >= 11 is 0. The van der Waals surface area contributed by atoms with Crippen LogP contribution in [0.2, 0.25) is 0 Å². The Hall–Kier alpha value is -3.23. The van der Waals surface area contributed by atoms with E-state index in [2.05, 4.69) is 28.4 Å². The molecule has 3 rings (SSSR count). The van der Waals surface area contributed by atoms with Crippen LogP contribution in [0.25, 0.3) is 5.52 Å². The fourth-order valence-corrected chi connectivity index (χ4v) is 3.60. The van der Waals surface area contributed by atoms with Gasteiger partial charge in [-0.1, -0.05) is 33.6 Å². The molecule has 0 saturated carbocycles. The van der Waals surface area contributed by atoms with E-state index >= 15 is 0 Å². The molecule has 3 heterocycles. The lowest BCUT2D eigenvalue weighted by Crippen LogP contribution is -2.36. The third kappa shape index (κ3) is 5.23. The van der Waals surface area contributed by atoms with Gasteiger partial charge in [-0.2, -0.15) is 10.4 Å². The van der Waals surface area contributed by atoms with Crippen molar-refractivity contribution in [1.82, 2.24) is 14.6 Å². The van der Waals surface area contributed by atoms with Crippen LogP contribution in [0.3, 0.4) is 0 Å². The molecule has 1 aliphatic heterocycles. The van der Waals surface area contributed by atoms with E-state index in [0.717, 1.165) is 19.3 Å². The first kappa shape index (κ1) is 24.4. The van der Waals surface area contributed by atoms with Gasteiger partial charge >= 0.3 is 12.1 Å². The largest absolute Gasteiger partial charge is 0.463 e. The number of nitriles is 1. The molecular weight excluding hydrogens is 430 g/mol. The van der Waals surface area contributed by atoms with Crippen LogP contribution < -0.4 is 5.32 Å². The van der Waals surface area contributed by atoms with Gasteiger partial charge in [-0.3, -0.25) is 10.1 Å². The highest BCUT2D eigenvalue weighted by atomic mass is 16.6. The predicted octanol–water partition coefficient (Wildman–Crippen LogP) is 2.54. The summed E-state index contributed by atoms with van der Waals surface area (Å²) in [5.41, 5.74) is -1.06. The monoisotopic (exact) mass is 459 g/mol. The molecule has 11 nitrogen and oxygen atoms in total. The molecule has 178 valence electrons. The van der Waals surface area contributed by atoms with Crippen molar-refractivity contribution in [2.45, 2.75) is 64.3 Å². The number of unbranched alkanes of at least 4 members (excludes halogenated alkanes) is 2. The third-order valence-electron chi connectivity index (χ3n) is 5.39. The number of amides is 1. The molecule has 3 atom stereocenters. The molecule has 2 aromatic heterocycles. The number of aromatic nitrogens is 3. The van der Waals surface area contributed by atoms with Gasteiger partial charge in [0.05, 0.1) is 24.3 Å². The van der Waals surface area contributed by atoms with Crippen LogP contribution in [0.15, 0.2) is 18.5 Å². The van der Waals surface area contributed by atoms with Crippen molar-refractivity contribution < 1.29 is 28.9 Å². The van der Waals surface area contributed by atoms with Gasteiger partial charge in [-0.05, 0) is 18.6 Å². The number of nitrogens with zero attached hydrogens (tertiary/aromatic N) is 4. The molecule has 0 aromatic carbocycles. The summed E-state index contributed by atoms with van der Waals surface area (Å²) in [4.78, 5) is 28.0. The molecule has 0 spiro atoms. The fraction of sp³-hybridized carbons (Fsp3) is 0.591. The summed E-state index contributed by atoms with van der Waals surface area (Å²) in [7, 11) is 0. The van der Waals surface area contributed by atoms with E-state index < -0.39 is 23.9 Å². The summed E-state index contributed by atoms with van der Waals surface area (Å²) < 4.78 is 17.7. The summed E-state index contributed by atoms with van der Waals surface area (Å²) in [5, 5.41) is 27.5. The van der Waals surface area contributed by atoms with Crippen LogP contribution in [0.5, 0.6) is 0 Å². The normalized spacial score (nSPS) is 22.3. The van der Waals surface area contributed by atoms with Crippen molar-refractivity contribution in [3.8, 4) is 6.07 Å². The maximum atomic E-state index is 12.1.